The van der Waals surface area contributed by atoms with Crippen molar-refractivity contribution in [3.63, 3.8) is 0 Å². The molecule has 0 saturated heterocycles. The lowest BCUT2D eigenvalue weighted by atomic mass is 10.1. The number of aromatic amines is 1. The summed E-state index contributed by atoms with van der Waals surface area (Å²) in [6.45, 7) is -0.0353. The highest BCUT2D eigenvalue weighted by molar-refractivity contribution is 6.29. The molecule has 0 fully saturated rings. The van der Waals surface area contributed by atoms with E-state index < -0.39 is 11.6 Å². The van der Waals surface area contributed by atoms with E-state index in [-0.39, 0.29) is 12.2 Å². The molecule has 152 valence electrons. The molecule has 0 aliphatic heterocycles. The lowest BCUT2D eigenvalue weighted by Gasteiger charge is -2.11. The molecule has 0 atom stereocenters. The van der Waals surface area contributed by atoms with E-state index in [1.165, 1.54) is 12.1 Å². The monoisotopic (exact) mass is 427 g/mol. The number of hydrogen-bond donors (Lipinski definition) is 1. The molecule has 2 aromatic heterocycles. The molecule has 0 amide bonds. The number of nitrogens with zero attached hydrogens (tertiary/aromatic N) is 2. The van der Waals surface area contributed by atoms with E-state index in [1.807, 2.05) is 12.1 Å². The molecule has 0 aliphatic rings. The number of imidazole rings is 1. The number of hydrogen-bond acceptors (Lipinski definition) is 4. The summed E-state index contributed by atoms with van der Waals surface area (Å²) < 4.78 is 37.9. The number of nitrogens with one attached hydrogen (secondary N) is 1. The molecule has 0 radical (unpaired) electrons. The van der Waals surface area contributed by atoms with Crippen molar-refractivity contribution >= 4 is 11.6 Å². The van der Waals surface area contributed by atoms with Crippen LogP contribution in [-0.2, 0) is 6.61 Å². The molecule has 4 aromatic rings. The fourth-order valence-corrected chi connectivity index (χ4v) is 3.02. The van der Waals surface area contributed by atoms with Gasteiger partial charge in [-0.25, -0.2) is 18.7 Å². The van der Waals surface area contributed by atoms with Crippen LogP contribution in [0.25, 0.3) is 22.6 Å². The van der Waals surface area contributed by atoms with Crippen molar-refractivity contribution in [2.75, 3.05) is 7.11 Å². The van der Waals surface area contributed by atoms with Crippen molar-refractivity contribution < 1.29 is 18.3 Å². The zero-order chi connectivity index (χ0) is 21.1. The van der Waals surface area contributed by atoms with Crippen LogP contribution >= 0.6 is 11.6 Å². The molecule has 0 spiro atoms. The quantitative estimate of drug-likeness (QED) is 0.403. The average molecular weight is 428 g/mol. The van der Waals surface area contributed by atoms with E-state index in [4.69, 9.17) is 21.1 Å². The molecule has 2 heterocycles. The SMILES string of the molecule is COc1cc(OCc2ccc(F)cc2F)ccc1-c1cnc(-c2ccc(Cl)nc2)[nH]1. The third-order valence-corrected chi connectivity index (χ3v) is 4.67. The summed E-state index contributed by atoms with van der Waals surface area (Å²) in [6.07, 6.45) is 3.32. The van der Waals surface area contributed by atoms with Gasteiger partial charge in [-0.3, -0.25) is 0 Å². The number of pyridine rings is 1. The van der Waals surface area contributed by atoms with Crippen molar-refractivity contribution in [1.82, 2.24) is 15.0 Å². The van der Waals surface area contributed by atoms with Gasteiger partial charge in [0.15, 0.2) is 0 Å². The first-order chi connectivity index (χ1) is 14.5. The van der Waals surface area contributed by atoms with Crippen molar-refractivity contribution in [1.29, 1.82) is 0 Å². The van der Waals surface area contributed by atoms with Gasteiger partial charge in [-0.15, -0.1) is 0 Å². The number of benzene rings is 2. The van der Waals surface area contributed by atoms with Gasteiger partial charge in [0.1, 0.15) is 40.7 Å². The van der Waals surface area contributed by atoms with E-state index in [1.54, 1.807) is 37.7 Å². The van der Waals surface area contributed by atoms with Crippen molar-refractivity contribution in [2.45, 2.75) is 6.61 Å². The van der Waals surface area contributed by atoms with E-state index in [0.717, 1.165) is 22.9 Å². The second-order valence-electron chi connectivity index (χ2n) is 6.40. The van der Waals surface area contributed by atoms with Crippen LogP contribution in [0.3, 0.4) is 0 Å². The van der Waals surface area contributed by atoms with Gasteiger partial charge in [0.25, 0.3) is 0 Å². The molecule has 8 heteroatoms. The van der Waals surface area contributed by atoms with Crippen molar-refractivity contribution in [2.24, 2.45) is 0 Å². The summed E-state index contributed by atoms with van der Waals surface area (Å²) in [4.78, 5) is 11.7. The molecule has 0 saturated carbocycles. The van der Waals surface area contributed by atoms with Crippen LogP contribution in [0.4, 0.5) is 8.78 Å². The number of ether oxygens (including phenoxy) is 2. The minimum Gasteiger partial charge on any atom is -0.496 e. The van der Waals surface area contributed by atoms with Crippen LogP contribution in [-0.4, -0.2) is 22.1 Å². The summed E-state index contributed by atoms with van der Waals surface area (Å²) in [6, 6.07) is 12.1. The normalized spacial score (nSPS) is 10.8. The van der Waals surface area contributed by atoms with Crippen LogP contribution in [0, 0.1) is 11.6 Å². The average Bonchev–Trinajstić information content (AvgIpc) is 3.23. The van der Waals surface area contributed by atoms with Gasteiger partial charge in [0.2, 0.25) is 0 Å². The molecule has 0 aliphatic carbocycles. The summed E-state index contributed by atoms with van der Waals surface area (Å²) in [5.74, 6) is 0.400. The van der Waals surface area contributed by atoms with Crippen LogP contribution in [0.5, 0.6) is 11.5 Å². The molecular weight excluding hydrogens is 412 g/mol. The van der Waals surface area contributed by atoms with E-state index in [9.17, 15) is 8.78 Å². The van der Waals surface area contributed by atoms with E-state index >= 15 is 0 Å². The summed E-state index contributed by atoms with van der Waals surface area (Å²) >= 11 is 5.83. The summed E-state index contributed by atoms with van der Waals surface area (Å²) in [7, 11) is 1.54. The Labute approximate surface area is 176 Å². The molecular formula is C22H16ClF2N3O2. The Morgan fingerprint density at radius 1 is 1.00 bits per heavy atom. The fraction of sp³-hybridized carbons (Fsp3) is 0.0909. The second kappa shape index (κ2) is 8.51. The Kier molecular flexibility index (Phi) is 5.63. The fourth-order valence-electron chi connectivity index (χ4n) is 2.90. The summed E-state index contributed by atoms with van der Waals surface area (Å²) in [5.41, 5.74) is 2.58. The Hall–Kier alpha value is -3.45. The molecule has 30 heavy (non-hydrogen) atoms. The third-order valence-electron chi connectivity index (χ3n) is 4.45. The summed E-state index contributed by atoms with van der Waals surface area (Å²) in [5, 5.41) is 0.406. The second-order valence-corrected chi connectivity index (χ2v) is 6.79. The number of halogens is 3. The largest absolute Gasteiger partial charge is 0.496 e. The highest BCUT2D eigenvalue weighted by Gasteiger charge is 2.12. The standard InChI is InChI=1S/C22H16ClF2N3O2/c1-29-20-9-16(30-12-14-2-4-15(24)8-18(14)25)5-6-17(20)19-11-27-22(28-19)13-3-7-21(23)26-10-13/h2-11H,12H2,1H3,(H,27,28). The van der Waals surface area contributed by atoms with Crippen LogP contribution in [0.2, 0.25) is 5.15 Å². The highest BCUT2D eigenvalue weighted by atomic mass is 35.5. The Morgan fingerprint density at radius 3 is 2.60 bits per heavy atom. The first kappa shape index (κ1) is 19.8. The maximum absolute atomic E-state index is 13.8. The molecule has 2 aromatic carbocycles. The Morgan fingerprint density at radius 2 is 1.87 bits per heavy atom. The first-order valence-corrected chi connectivity index (χ1v) is 9.33. The maximum atomic E-state index is 13.8. The van der Waals surface area contributed by atoms with Gasteiger partial charge in [0, 0.05) is 35.0 Å². The Bertz CT molecular complexity index is 1180. The van der Waals surface area contributed by atoms with Gasteiger partial charge in [-0.05, 0) is 36.4 Å². The molecule has 4 rings (SSSR count). The van der Waals surface area contributed by atoms with Crippen LogP contribution in [0.15, 0.2) is 60.9 Å². The number of methoxy groups -OCH3 is 1. The lowest BCUT2D eigenvalue weighted by Crippen LogP contribution is -1.99. The van der Waals surface area contributed by atoms with Crippen molar-refractivity contribution in [3.8, 4) is 34.1 Å². The Balaban J connectivity index is 1.54. The minimum absolute atomic E-state index is 0.0353. The topological polar surface area (TPSA) is 60.0 Å². The van der Waals surface area contributed by atoms with Crippen molar-refractivity contribution in [3.05, 3.63) is 83.3 Å². The molecule has 5 nitrogen and oxygen atoms in total. The predicted octanol–water partition coefficient (Wildman–Crippen LogP) is 5.66. The number of H-pyrrole nitrogens is 1. The van der Waals surface area contributed by atoms with Gasteiger partial charge in [-0.1, -0.05) is 11.6 Å². The number of aromatic nitrogens is 3. The van der Waals surface area contributed by atoms with Crippen LogP contribution < -0.4 is 9.47 Å². The van der Waals surface area contributed by atoms with Gasteiger partial charge in [0.05, 0.1) is 19.0 Å². The predicted molar refractivity (Wildman–Crippen MR) is 110 cm³/mol. The van der Waals surface area contributed by atoms with Gasteiger partial charge >= 0.3 is 0 Å². The van der Waals surface area contributed by atoms with E-state index in [2.05, 4.69) is 15.0 Å². The van der Waals surface area contributed by atoms with Crippen LogP contribution in [0.1, 0.15) is 5.56 Å². The highest BCUT2D eigenvalue weighted by Crippen LogP contribution is 2.33. The number of rotatable bonds is 6. The third kappa shape index (κ3) is 4.26. The zero-order valence-corrected chi connectivity index (χ0v) is 16.6. The van der Waals surface area contributed by atoms with Gasteiger partial charge in [-0.2, -0.15) is 0 Å². The smallest absolute Gasteiger partial charge is 0.139 e. The molecule has 0 unspecified atom stereocenters. The van der Waals surface area contributed by atoms with E-state index in [0.29, 0.717) is 22.5 Å². The van der Waals surface area contributed by atoms with Gasteiger partial charge < -0.3 is 14.5 Å². The maximum Gasteiger partial charge on any atom is 0.139 e. The first-order valence-electron chi connectivity index (χ1n) is 8.95. The molecule has 1 N–H and O–H groups in total. The zero-order valence-electron chi connectivity index (χ0n) is 15.8. The molecule has 0 bridgehead atoms. The minimum atomic E-state index is -0.653. The lowest BCUT2D eigenvalue weighted by molar-refractivity contribution is 0.297.